The van der Waals surface area contributed by atoms with Gasteiger partial charge in [-0.05, 0) is 29.7 Å². The van der Waals surface area contributed by atoms with Crippen molar-refractivity contribution in [2.45, 2.75) is 19.5 Å². The molecule has 0 saturated carbocycles. The monoisotopic (exact) mass is 368 g/mol. The van der Waals surface area contributed by atoms with E-state index in [0.29, 0.717) is 18.7 Å². The second-order valence-electron chi connectivity index (χ2n) is 6.10. The van der Waals surface area contributed by atoms with Gasteiger partial charge >= 0.3 is 0 Å². The fourth-order valence-electron chi connectivity index (χ4n) is 2.54. The zero-order chi connectivity index (χ0) is 19.6. The zero-order valence-electron chi connectivity index (χ0n) is 15.0. The van der Waals surface area contributed by atoms with E-state index in [0.717, 1.165) is 11.1 Å². The second kappa shape index (κ2) is 10.1. The summed E-state index contributed by atoms with van der Waals surface area (Å²) in [6.45, 7) is 0.868. The molecule has 2 rings (SSSR count). The summed E-state index contributed by atoms with van der Waals surface area (Å²) >= 11 is 0. The van der Waals surface area contributed by atoms with Crippen LogP contribution in [-0.4, -0.2) is 24.3 Å². The molecule has 0 fully saturated rings. The maximum absolute atomic E-state index is 12.2. The number of hydrogen-bond acceptors (Lipinski definition) is 4. The lowest BCUT2D eigenvalue weighted by Crippen LogP contribution is -2.40. The molecule has 3 amide bonds. The van der Waals surface area contributed by atoms with Crippen molar-refractivity contribution in [1.29, 1.82) is 0 Å². The van der Waals surface area contributed by atoms with E-state index in [9.17, 15) is 14.4 Å². The van der Waals surface area contributed by atoms with Crippen LogP contribution >= 0.6 is 0 Å². The molecular weight excluding hydrogens is 344 g/mol. The lowest BCUT2D eigenvalue weighted by atomic mass is 10.0. The molecule has 142 valence electrons. The number of nitrogens with one attached hydrogen (secondary N) is 2. The molecule has 2 aromatic rings. The lowest BCUT2D eigenvalue weighted by Gasteiger charge is -2.14. The van der Waals surface area contributed by atoms with Gasteiger partial charge < -0.3 is 22.1 Å². The highest BCUT2D eigenvalue weighted by Crippen LogP contribution is 2.06. The smallest absolute Gasteiger partial charge is 0.251 e. The average Bonchev–Trinajstić information content (AvgIpc) is 2.69. The normalized spacial score (nSPS) is 11.4. The maximum Gasteiger partial charge on any atom is 0.251 e. The van der Waals surface area contributed by atoms with Gasteiger partial charge in [-0.1, -0.05) is 42.5 Å². The fourth-order valence-corrected chi connectivity index (χ4v) is 2.54. The summed E-state index contributed by atoms with van der Waals surface area (Å²) in [5.41, 5.74) is 13.2. The molecule has 7 heteroatoms. The van der Waals surface area contributed by atoms with Crippen molar-refractivity contribution in [2.75, 3.05) is 6.54 Å². The quantitative estimate of drug-likeness (QED) is 0.485. The van der Waals surface area contributed by atoms with Crippen LogP contribution in [0.5, 0.6) is 0 Å². The first-order valence-corrected chi connectivity index (χ1v) is 8.69. The molecule has 1 atom stereocenters. The number of benzene rings is 2. The van der Waals surface area contributed by atoms with Crippen molar-refractivity contribution in [3.8, 4) is 0 Å². The average molecular weight is 368 g/mol. The van der Waals surface area contributed by atoms with Crippen LogP contribution in [0.3, 0.4) is 0 Å². The van der Waals surface area contributed by atoms with Gasteiger partial charge in [-0.2, -0.15) is 0 Å². The Labute approximate surface area is 158 Å². The van der Waals surface area contributed by atoms with Gasteiger partial charge in [-0.25, -0.2) is 0 Å². The van der Waals surface area contributed by atoms with E-state index in [2.05, 4.69) is 10.6 Å². The minimum Gasteiger partial charge on any atom is -0.369 e. The lowest BCUT2D eigenvalue weighted by molar-refractivity contribution is -0.133. The van der Waals surface area contributed by atoms with Gasteiger partial charge in [0, 0.05) is 25.2 Å². The zero-order valence-corrected chi connectivity index (χ0v) is 15.0. The van der Waals surface area contributed by atoms with E-state index in [4.69, 9.17) is 11.5 Å². The van der Waals surface area contributed by atoms with Crippen molar-refractivity contribution in [3.63, 3.8) is 0 Å². The minimum absolute atomic E-state index is 0.128. The summed E-state index contributed by atoms with van der Waals surface area (Å²) in [6, 6.07) is 16.3. The minimum atomic E-state index is -1.01. The van der Waals surface area contributed by atoms with Gasteiger partial charge in [0.1, 0.15) is 5.92 Å². The molecule has 6 N–H and O–H groups in total. The van der Waals surface area contributed by atoms with Crippen molar-refractivity contribution in [3.05, 3.63) is 71.3 Å². The van der Waals surface area contributed by atoms with Crippen LogP contribution in [0.2, 0.25) is 0 Å². The van der Waals surface area contributed by atoms with Crippen LogP contribution in [-0.2, 0) is 22.7 Å². The topological polar surface area (TPSA) is 127 Å². The largest absolute Gasteiger partial charge is 0.369 e. The first-order chi connectivity index (χ1) is 13.0. The van der Waals surface area contributed by atoms with Crippen molar-refractivity contribution >= 4 is 17.7 Å². The predicted molar refractivity (Wildman–Crippen MR) is 102 cm³/mol. The Morgan fingerprint density at radius 3 is 2.15 bits per heavy atom. The number of carbonyl (C=O) groups is 3. The first kappa shape index (κ1) is 20.1. The van der Waals surface area contributed by atoms with E-state index in [-0.39, 0.29) is 18.9 Å². The molecule has 0 radical (unpaired) electrons. The van der Waals surface area contributed by atoms with Crippen molar-refractivity contribution < 1.29 is 14.4 Å². The Hall–Kier alpha value is -3.19. The van der Waals surface area contributed by atoms with Gasteiger partial charge in [-0.3, -0.25) is 14.4 Å². The Kier molecular flexibility index (Phi) is 7.51. The number of nitrogens with two attached hydrogens (primary N) is 2. The number of rotatable bonds is 9. The Bertz CT molecular complexity index is 776. The van der Waals surface area contributed by atoms with Gasteiger partial charge in [0.15, 0.2) is 0 Å². The first-order valence-electron chi connectivity index (χ1n) is 8.69. The van der Waals surface area contributed by atoms with Crippen molar-refractivity contribution in [1.82, 2.24) is 10.6 Å². The molecule has 1 unspecified atom stereocenters. The third-order valence-electron chi connectivity index (χ3n) is 4.14. The molecule has 7 nitrogen and oxygen atoms in total. The number of primary amides is 1. The molecule has 2 aromatic carbocycles. The van der Waals surface area contributed by atoms with Crippen LogP contribution in [0.4, 0.5) is 0 Å². The standard InChI is InChI=1S/C20H24N4O3/c21-12-14-6-8-16(9-7-14)19(26)23-11-10-17(18(22)25)20(27)24-13-15-4-2-1-3-5-15/h1-9,17H,10-13,21H2,(H2,22,25)(H,23,26)(H,24,27). The molecule has 0 aliphatic carbocycles. The summed E-state index contributed by atoms with van der Waals surface area (Å²) in [5, 5.41) is 5.39. The molecule has 27 heavy (non-hydrogen) atoms. The van der Waals surface area contributed by atoms with E-state index in [1.54, 1.807) is 24.3 Å². The highest BCUT2D eigenvalue weighted by Gasteiger charge is 2.24. The number of hydrogen-bond donors (Lipinski definition) is 4. The number of amides is 3. The van der Waals surface area contributed by atoms with Gasteiger partial charge in [-0.15, -0.1) is 0 Å². The van der Waals surface area contributed by atoms with Crippen LogP contribution in [0.25, 0.3) is 0 Å². The van der Waals surface area contributed by atoms with E-state index >= 15 is 0 Å². The SMILES string of the molecule is NCc1ccc(C(=O)NCCC(C(N)=O)C(=O)NCc2ccccc2)cc1. The summed E-state index contributed by atoms with van der Waals surface area (Å²) in [7, 11) is 0. The van der Waals surface area contributed by atoms with E-state index in [1.165, 1.54) is 0 Å². The molecular formula is C20H24N4O3. The predicted octanol–water partition coefficient (Wildman–Crippen LogP) is 0.683. The molecule has 0 aliphatic heterocycles. The Morgan fingerprint density at radius 1 is 0.889 bits per heavy atom. The Balaban J connectivity index is 1.83. The molecule has 0 heterocycles. The summed E-state index contributed by atoms with van der Waals surface area (Å²) in [6.07, 6.45) is 0.128. The van der Waals surface area contributed by atoms with E-state index < -0.39 is 17.7 Å². The molecule has 0 spiro atoms. The third-order valence-corrected chi connectivity index (χ3v) is 4.14. The van der Waals surface area contributed by atoms with Crippen LogP contribution in [0, 0.1) is 5.92 Å². The second-order valence-corrected chi connectivity index (χ2v) is 6.10. The summed E-state index contributed by atoms with van der Waals surface area (Å²) in [4.78, 5) is 36.0. The highest BCUT2D eigenvalue weighted by atomic mass is 16.2. The molecule has 0 saturated heterocycles. The number of carbonyl (C=O) groups excluding carboxylic acids is 3. The van der Waals surface area contributed by atoms with Gasteiger partial charge in [0.05, 0.1) is 0 Å². The van der Waals surface area contributed by atoms with Crippen LogP contribution in [0.15, 0.2) is 54.6 Å². The molecule has 0 aromatic heterocycles. The van der Waals surface area contributed by atoms with Crippen molar-refractivity contribution in [2.24, 2.45) is 17.4 Å². The van der Waals surface area contributed by atoms with Crippen LogP contribution < -0.4 is 22.1 Å². The maximum atomic E-state index is 12.2. The molecule has 0 aliphatic rings. The summed E-state index contributed by atoms with van der Waals surface area (Å²) in [5.74, 6) is -2.46. The summed E-state index contributed by atoms with van der Waals surface area (Å²) < 4.78 is 0. The highest BCUT2D eigenvalue weighted by molar-refractivity contribution is 5.99. The molecule has 0 bridgehead atoms. The third kappa shape index (κ3) is 6.23. The Morgan fingerprint density at radius 2 is 1.56 bits per heavy atom. The van der Waals surface area contributed by atoms with Crippen LogP contribution in [0.1, 0.15) is 27.9 Å². The van der Waals surface area contributed by atoms with Gasteiger partial charge in [0.25, 0.3) is 5.91 Å². The van der Waals surface area contributed by atoms with Gasteiger partial charge in [0.2, 0.25) is 11.8 Å². The van der Waals surface area contributed by atoms with E-state index in [1.807, 2.05) is 30.3 Å². The fraction of sp³-hybridized carbons (Fsp3) is 0.250.